The van der Waals surface area contributed by atoms with Gasteiger partial charge in [0.1, 0.15) is 5.75 Å². The molecule has 116 valence electrons. The number of hydrogen-bond acceptors (Lipinski definition) is 5. The van der Waals surface area contributed by atoms with Crippen molar-refractivity contribution < 1.29 is 14.3 Å². The molecule has 2 N–H and O–H groups in total. The van der Waals surface area contributed by atoms with Crippen LogP contribution in [0.4, 0.5) is 5.69 Å². The monoisotopic (exact) mass is 310 g/mol. The Labute approximate surface area is 129 Å². The number of methoxy groups -OCH3 is 2. The standard InChI is InChI=1S/C15H22N2O3S/c1-19-7-6-17(12-5-8-21-10-12)15(18)13-4-3-11(16)9-14(13)20-2/h3-4,9,12H,5-8,10,16H2,1-2H3. The largest absolute Gasteiger partial charge is 0.496 e. The fraction of sp³-hybridized carbons (Fsp3) is 0.533. The Hall–Kier alpha value is -1.40. The van der Waals surface area contributed by atoms with Crippen LogP contribution in [-0.2, 0) is 4.74 Å². The fourth-order valence-electron chi connectivity index (χ4n) is 2.45. The molecule has 1 atom stereocenters. The number of anilines is 1. The number of rotatable bonds is 6. The first-order valence-corrected chi connectivity index (χ1v) is 8.14. The summed E-state index contributed by atoms with van der Waals surface area (Å²) in [6.07, 6.45) is 1.03. The van der Waals surface area contributed by atoms with Crippen molar-refractivity contribution in [3.05, 3.63) is 23.8 Å². The molecule has 0 saturated carbocycles. The first-order valence-electron chi connectivity index (χ1n) is 6.98. The lowest BCUT2D eigenvalue weighted by Crippen LogP contribution is -2.42. The second kappa shape index (κ2) is 7.56. The van der Waals surface area contributed by atoms with Crippen LogP contribution in [0.3, 0.4) is 0 Å². The lowest BCUT2D eigenvalue weighted by atomic mass is 10.1. The van der Waals surface area contributed by atoms with E-state index < -0.39 is 0 Å². The smallest absolute Gasteiger partial charge is 0.257 e. The van der Waals surface area contributed by atoms with Crippen LogP contribution < -0.4 is 10.5 Å². The molecule has 2 rings (SSSR count). The Balaban J connectivity index is 2.24. The topological polar surface area (TPSA) is 64.8 Å². The van der Waals surface area contributed by atoms with Crippen LogP contribution in [0.5, 0.6) is 5.75 Å². The van der Waals surface area contributed by atoms with Gasteiger partial charge in [-0.2, -0.15) is 11.8 Å². The Morgan fingerprint density at radius 2 is 2.29 bits per heavy atom. The van der Waals surface area contributed by atoms with E-state index in [2.05, 4.69) is 0 Å². The number of amides is 1. The van der Waals surface area contributed by atoms with Gasteiger partial charge >= 0.3 is 0 Å². The minimum absolute atomic E-state index is 0.0172. The highest BCUT2D eigenvalue weighted by atomic mass is 32.2. The van der Waals surface area contributed by atoms with E-state index in [0.717, 1.165) is 17.9 Å². The van der Waals surface area contributed by atoms with Crippen molar-refractivity contribution in [1.29, 1.82) is 0 Å². The van der Waals surface area contributed by atoms with E-state index in [4.69, 9.17) is 15.2 Å². The number of nitrogen functional groups attached to an aromatic ring is 1. The van der Waals surface area contributed by atoms with Gasteiger partial charge in [-0.05, 0) is 24.3 Å². The number of hydrogen-bond donors (Lipinski definition) is 1. The predicted molar refractivity (Wildman–Crippen MR) is 86.0 cm³/mol. The molecule has 1 aromatic rings. The number of carbonyl (C=O) groups is 1. The van der Waals surface area contributed by atoms with Crippen LogP contribution >= 0.6 is 11.8 Å². The zero-order valence-electron chi connectivity index (χ0n) is 12.5. The number of thioether (sulfide) groups is 1. The van der Waals surface area contributed by atoms with Gasteiger partial charge in [-0.15, -0.1) is 0 Å². The van der Waals surface area contributed by atoms with Gasteiger partial charge in [-0.25, -0.2) is 0 Å². The lowest BCUT2D eigenvalue weighted by molar-refractivity contribution is 0.0621. The lowest BCUT2D eigenvalue weighted by Gasteiger charge is -2.29. The zero-order valence-corrected chi connectivity index (χ0v) is 13.3. The molecule has 1 aromatic carbocycles. The predicted octanol–water partition coefficient (Wildman–Crippen LogP) is 1.87. The molecule has 1 aliphatic heterocycles. The summed E-state index contributed by atoms with van der Waals surface area (Å²) < 4.78 is 10.4. The minimum atomic E-state index is -0.0172. The van der Waals surface area contributed by atoms with Crippen molar-refractivity contribution in [2.24, 2.45) is 0 Å². The normalized spacial score (nSPS) is 17.7. The summed E-state index contributed by atoms with van der Waals surface area (Å²) >= 11 is 1.88. The molecule has 0 spiro atoms. The maximum atomic E-state index is 12.9. The van der Waals surface area contributed by atoms with Crippen LogP contribution in [0, 0.1) is 0 Å². The third kappa shape index (κ3) is 3.83. The van der Waals surface area contributed by atoms with Crippen LogP contribution in [-0.4, -0.2) is 55.7 Å². The van der Waals surface area contributed by atoms with Crippen LogP contribution in [0.15, 0.2) is 18.2 Å². The Morgan fingerprint density at radius 3 is 2.90 bits per heavy atom. The summed E-state index contributed by atoms with van der Waals surface area (Å²) in [5.41, 5.74) is 6.90. The molecule has 1 unspecified atom stereocenters. The third-order valence-corrected chi connectivity index (χ3v) is 4.74. The molecular weight excluding hydrogens is 288 g/mol. The van der Waals surface area contributed by atoms with Crippen molar-refractivity contribution in [3.8, 4) is 5.75 Å². The van der Waals surface area contributed by atoms with E-state index in [1.807, 2.05) is 16.7 Å². The SMILES string of the molecule is COCCN(C(=O)c1ccc(N)cc1OC)C1CCSC1. The molecule has 0 aromatic heterocycles. The average molecular weight is 310 g/mol. The summed E-state index contributed by atoms with van der Waals surface area (Å²) in [5.74, 6) is 2.58. The maximum absolute atomic E-state index is 12.9. The molecule has 6 heteroatoms. The van der Waals surface area contributed by atoms with Crippen molar-refractivity contribution in [2.45, 2.75) is 12.5 Å². The van der Waals surface area contributed by atoms with E-state index >= 15 is 0 Å². The number of carbonyl (C=O) groups excluding carboxylic acids is 1. The van der Waals surface area contributed by atoms with Crippen LogP contribution in [0.2, 0.25) is 0 Å². The van der Waals surface area contributed by atoms with E-state index in [-0.39, 0.29) is 11.9 Å². The Morgan fingerprint density at radius 1 is 1.48 bits per heavy atom. The molecule has 0 bridgehead atoms. The summed E-state index contributed by atoms with van der Waals surface area (Å²) in [6.45, 7) is 1.12. The highest BCUT2D eigenvalue weighted by Gasteiger charge is 2.29. The average Bonchev–Trinajstić information content (AvgIpc) is 3.01. The molecule has 21 heavy (non-hydrogen) atoms. The highest BCUT2D eigenvalue weighted by molar-refractivity contribution is 7.99. The van der Waals surface area contributed by atoms with Gasteiger partial charge in [0.25, 0.3) is 5.91 Å². The molecule has 1 aliphatic rings. The van der Waals surface area contributed by atoms with E-state index in [9.17, 15) is 4.79 Å². The van der Waals surface area contributed by atoms with Crippen molar-refractivity contribution in [3.63, 3.8) is 0 Å². The summed E-state index contributed by atoms with van der Waals surface area (Å²) in [6, 6.07) is 5.41. The second-order valence-electron chi connectivity index (χ2n) is 4.97. The van der Waals surface area contributed by atoms with E-state index in [1.165, 1.54) is 0 Å². The van der Waals surface area contributed by atoms with Gasteiger partial charge in [0.2, 0.25) is 0 Å². The summed E-state index contributed by atoms with van der Waals surface area (Å²) in [4.78, 5) is 14.8. The van der Waals surface area contributed by atoms with Crippen molar-refractivity contribution >= 4 is 23.4 Å². The summed E-state index contributed by atoms with van der Waals surface area (Å²) in [5, 5.41) is 0. The maximum Gasteiger partial charge on any atom is 0.257 e. The van der Waals surface area contributed by atoms with Crippen LogP contribution in [0.25, 0.3) is 0 Å². The first kappa shape index (κ1) is 16.0. The summed E-state index contributed by atoms with van der Waals surface area (Å²) in [7, 11) is 3.20. The Bertz CT molecular complexity index is 490. The van der Waals surface area contributed by atoms with Gasteiger partial charge in [-0.3, -0.25) is 4.79 Å². The fourth-order valence-corrected chi connectivity index (χ4v) is 3.67. The van der Waals surface area contributed by atoms with Gasteiger partial charge in [-0.1, -0.05) is 0 Å². The first-order chi connectivity index (χ1) is 10.2. The molecule has 1 saturated heterocycles. The number of nitrogens with zero attached hydrogens (tertiary/aromatic N) is 1. The van der Waals surface area contributed by atoms with Gasteiger partial charge in [0.15, 0.2) is 0 Å². The van der Waals surface area contributed by atoms with E-state index in [1.54, 1.807) is 32.4 Å². The molecule has 1 fully saturated rings. The Kier molecular flexibility index (Phi) is 5.76. The molecule has 0 aliphatic carbocycles. The van der Waals surface area contributed by atoms with Gasteiger partial charge < -0.3 is 20.1 Å². The van der Waals surface area contributed by atoms with Crippen molar-refractivity contribution in [1.82, 2.24) is 4.90 Å². The number of nitrogens with two attached hydrogens (primary N) is 1. The second-order valence-corrected chi connectivity index (χ2v) is 6.12. The number of benzene rings is 1. The van der Waals surface area contributed by atoms with Crippen LogP contribution in [0.1, 0.15) is 16.8 Å². The molecule has 1 amide bonds. The quantitative estimate of drug-likeness (QED) is 0.813. The third-order valence-electron chi connectivity index (χ3n) is 3.60. The van der Waals surface area contributed by atoms with E-state index in [0.29, 0.717) is 30.2 Å². The molecule has 1 heterocycles. The molecule has 5 nitrogen and oxygen atoms in total. The molecule has 0 radical (unpaired) electrons. The zero-order chi connectivity index (χ0) is 15.2. The van der Waals surface area contributed by atoms with Gasteiger partial charge in [0, 0.05) is 37.2 Å². The van der Waals surface area contributed by atoms with Gasteiger partial charge in [0.05, 0.1) is 19.3 Å². The molecular formula is C15H22N2O3S. The number of ether oxygens (including phenoxy) is 2. The highest BCUT2D eigenvalue weighted by Crippen LogP contribution is 2.27. The van der Waals surface area contributed by atoms with Crippen molar-refractivity contribution in [2.75, 3.05) is 44.6 Å². The minimum Gasteiger partial charge on any atom is -0.496 e.